The molecule has 2 N–H and O–H groups in total. The first-order chi connectivity index (χ1) is 7.04. The van der Waals surface area contributed by atoms with Gasteiger partial charge in [0.25, 0.3) is 5.91 Å². The Kier molecular flexibility index (Phi) is 3.00. The van der Waals surface area contributed by atoms with Gasteiger partial charge in [0.1, 0.15) is 23.3 Å². The number of hydrogen-bond donors (Lipinski definition) is 1. The Hall–Kier alpha value is -2.40. The van der Waals surface area contributed by atoms with Crippen LogP contribution in [0.5, 0.6) is 0 Å². The molecule has 0 aliphatic carbocycles. The Balaban J connectivity index is 3.24. The molecule has 0 atom stereocenters. The molecule has 0 aliphatic heterocycles. The molecule has 3 nitrogen and oxygen atoms in total. The Bertz CT molecular complexity index is 497. The lowest BCUT2D eigenvalue weighted by Crippen LogP contribution is -2.06. The summed E-state index contributed by atoms with van der Waals surface area (Å²) in [6, 6.07) is 3.08. The zero-order chi connectivity index (χ0) is 11.4. The number of nitrogens with zero attached hydrogens (tertiary/aromatic N) is 1. The molecule has 0 aliphatic rings. The number of primary amides is 1. The Morgan fingerprint density at radius 2 is 1.87 bits per heavy atom. The minimum Gasteiger partial charge on any atom is -0.359 e. The van der Waals surface area contributed by atoms with Crippen LogP contribution in [0.1, 0.15) is 11.1 Å². The highest BCUT2D eigenvalue weighted by Crippen LogP contribution is 2.13. The Morgan fingerprint density at radius 3 is 2.27 bits per heavy atom. The number of nitriles is 1. The minimum atomic E-state index is -1.02. The molecule has 0 aromatic heterocycles. The monoisotopic (exact) mass is 206 g/mol. The van der Waals surface area contributed by atoms with Gasteiger partial charge in [0, 0.05) is 5.56 Å². The summed E-state index contributed by atoms with van der Waals surface area (Å²) in [6.07, 6.45) is 0. The summed E-state index contributed by atoms with van der Waals surface area (Å²) < 4.78 is 26.0. The van der Waals surface area contributed by atoms with E-state index in [4.69, 9.17) is 11.0 Å². The third kappa shape index (κ3) is 2.52. The number of hydrogen-bond acceptors (Lipinski definition) is 2. The maximum absolute atomic E-state index is 13.0. The van der Waals surface area contributed by atoms with Crippen molar-refractivity contribution in [1.29, 1.82) is 5.26 Å². The van der Waals surface area contributed by atoms with E-state index in [9.17, 15) is 13.6 Å². The molecule has 0 saturated heterocycles. The van der Waals surface area contributed by atoms with Gasteiger partial charge in [0.15, 0.2) is 0 Å². The van der Waals surface area contributed by atoms with Crippen molar-refractivity contribution in [3.8, 4) is 17.9 Å². The van der Waals surface area contributed by atoms with Gasteiger partial charge >= 0.3 is 0 Å². The molecule has 0 heterocycles. The Morgan fingerprint density at radius 1 is 1.33 bits per heavy atom. The molecule has 74 valence electrons. The van der Waals surface area contributed by atoms with Gasteiger partial charge in [-0.05, 0) is 18.1 Å². The first-order valence-electron chi connectivity index (χ1n) is 3.75. The molecule has 0 fully saturated rings. The molecule has 0 saturated carbocycles. The fraction of sp³-hybridized carbons (Fsp3) is 0. The highest BCUT2D eigenvalue weighted by molar-refractivity contribution is 5.92. The summed E-state index contributed by atoms with van der Waals surface area (Å²) in [6.45, 7) is 0. The maximum atomic E-state index is 13.0. The third-order valence-corrected chi connectivity index (χ3v) is 1.48. The highest BCUT2D eigenvalue weighted by atomic mass is 19.1. The summed E-state index contributed by atoms with van der Waals surface area (Å²) in [4.78, 5) is 10.3. The summed E-state index contributed by atoms with van der Waals surface area (Å²) in [5.41, 5.74) is 3.99. The van der Waals surface area contributed by atoms with E-state index in [1.807, 2.05) is 5.92 Å². The number of carbonyl (C=O) groups excluding carboxylic acids is 1. The van der Waals surface area contributed by atoms with Crippen molar-refractivity contribution in [1.82, 2.24) is 0 Å². The molecular weight excluding hydrogens is 202 g/mol. The van der Waals surface area contributed by atoms with Crippen LogP contribution in [0.2, 0.25) is 0 Å². The first kappa shape index (κ1) is 10.7. The van der Waals surface area contributed by atoms with Gasteiger partial charge in [0.2, 0.25) is 0 Å². The topological polar surface area (TPSA) is 66.9 Å². The van der Waals surface area contributed by atoms with Gasteiger partial charge in [-0.2, -0.15) is 5.26 Å². The molecule has 0 unspecified atom stereocenters. The smallest absolute Gasteiger partial charge is 0.293 e. The minimum absolute atomic E-state index is 0.0530. The number of halogens is 2. The van der Waals surface area contributed by atoms with Crippen LogP contribution in [-0.4, -0.2) is 5.91 Å². The summed E-state index contributed by atoms with van der Waals surface area (Å²) in [7, 11) is 0. The van der Waals surface area contributed by atoms with Gasteiger partial charge in [-0.3, -0.25) is 4.79 Å². The van der Waals surface area contributed by atoms with E-state index in [0.29, 0.717) is 0 Å². The molecule has 1 amide bonds. The normalized spacial score (nSPS) is 8.60. The van der Waals surface area contributed by atoms with Crippen molar-refractivity contribution in [2.24, 2.45) is 5.73 Å². The van der Waals surface area contributed by atoms with Crippen LogP contribution in [0, 0.1) is 34.8 Å². The predicted molar refractivity (Wildman–Crippen MR) is 47.1 cm³/mol. The largest absolute Gasteiger partial charge is 0.359 e. The van der Waals surface area contributed by atoms with Crippen LogP contribution in [0.15, 0.2) is 12.1 Å². The molecule has 1 aromatic rings. The van der Waals surface area contributed by atoms with E-state index in [0.717, 1.165) is 12.1 Å². The number of benzene rings is 1. The summed E-state index contributed by atoms with van der Waals surface area (Å²) in [5.74, 6) is 1.14. The highest BCUT2D eigenvalue weighted by Gasteiger charge is 2.09. The Labute approximate surface area is 84.1 Å². The molecule has 1 rings (SSSR count). The first-order valence-corrected chi connectivity index (χ1v) is 3.75. The van der Waals surface area contributed by atoms with Gasteiger partial charge in [0.05, 0.1) is 0 Å². The number of rotatable bonds is 0. The van der Waals surface area contributed by atoms with E-state index in [1.54, 1.807) is 0 Å². The SMILES string of the molecule is N#Cc1c(F)cc(C#CC(N)=O)cc1F. The van der Waals surface area contributed by atoms with Crippen LogP contribution in [-0.2, 0) is 4.79 Å². The average Bonchev–Trinajstić information content (AvgIpc) is 2.14. The lowest BCUT2D eigenvalue weighted by molar-refractivity contribution is -0.112. The average molecular weight is 206 g/mol. The van der Waals surface area contributed by atoms with Crippen LogP contribution < -0.4 is 5.73 Å². The molecule has 0 bridgehead atoms. The van der Waals surface area contributed by atoms with Crippen LogP contribution in [0.3, 0.4) is 0 Å². The second-order valence-corrected chi connectivity index (χ2v) is 2.54. The van der Waals surface area contributed by atoms with Crippen LogP contribution in [0.25, 0.3) is 0 Å². The predicted octanol–water partition coefficient (Wildman–Crippen LogP) is 0.673. The zero-order valence-electron chi connectivity index (χ0n) is 7.34. The lowest BCUT2D eigenvalue weighted by atomic mass is 10.1. The van der Waals surface area contributed by atoms with Crippen molar-refractivity contribution >= 4 is 5.91 Å². The van der Waals surface area contributed by atoms with Crippen molar-refractivity contribution in [2.45, 2.75) is 0 Å². The lowest BCUT2D eigenvalue weighted by Gasteiger charge is -1.96. The van der Waals surface area contributed by atoms with Crippen molar-refractivity contribution in [2.75, 3.05) is 0 Å². The van der Waals surface area contributed by atoms with Crippen molar-refractivity contribution < 1.29 is 13.6 Å². The number of carbonyl (C=O) groups is 1. The van der Waals surface area contributed by atoms with Gasteiger partial charge in [-0.1, -0.05) is 5.92 Å². The summed E-state index contributed by atoms with van der Waals surface area (Å²) >= 11 is 0. The second kappa shape index (κ2) is 4.21. The fourth-order valence-electron chi connectivity index (χ4n) is 0.886. The third-order valence-electron chi connectivity index (χ3n) is 1.48. The van der Waals surface area contributed by atoms with E-state index in [1.165, 1.54) is 6.07 Å². The molecule has 5 heteroatoms. The number of amides is 1. The standard InChI is InChI=1S/C10H4F2N2O/c11-8-3-6(1-2-10(14)15)4-9(12)7(8)5-13/h3-4H,(H2,14,15). The van der Waals surface area contributed by atoms with E-state index in [2.05, 4.69) is 5.92 Å². The quantitative estimate of drug-likeness (QED) is 0.634. The van der Waals surface area contributed by atoms with E-state index in [-0.39, 0.29) is 5.56 Å². The second-order valence-electron chi connectivity index (χ2n) is 2.54. The van der Waals surface area contributed by atoms with E-state index < -0.39 is 23.1 Å². The van der Waals surface area contributed by atoms with Gasteiger partial charge in [-0.25, -0.2) is 8.78 Å². The zero-order valence-corrected chi connectivity index (χ0v) is 7.34. The maximum Gasteiger partial charge on any atom is 0.293 e. The van der Waals surface area contributed by atoms with Crippen molar-refractivity contribution in [3.05, 3.63) is 34.9 Å². The molecule has 15 heavy (non-hydrogen) atoms. The summed E-state index contributed by atoms with van der Waals surface area (Å²) in [5, 5.41) is 8.37. The molecule has 0 spiro atoms. The molecule has 1 aromatic carbocycles. The van der Waals surface area contributed by atoms with Gasteiger partial charge in [-0.15, -0.1) is 0 Å². The molecular formula is C10H4F2N2O. The van der Waals surface area contributed by atoms with Crippen LogP contribution >= 0.6 is 0 Å². The fourth-order valence-corrected chi connectivity index (χ4v) is 0.886. The van der Waals surface area contributed by atoms with Crippen molar-refractivity contribution in [3.63, 3.8) is 0 Å². The van der Waals surface area contributed by atoms with Gasteiger partial charge < -0.3 is 5.73 Å². The number of nitrogens with two attached hydrogens (primary N) is 1. The molecule has 0 radical (unpaired) electrons. The van der Waals surface area contributed by atoms with Crippen LogP contribution in [0.4, 0.5) is 8.78 Å². The van der Waals surface area contributed by atoms with E-state index >= 15 is 0 Å².